The van der Waals surface area contributed by atoms with Crippen molar-refractivity contribution in [2.45, 2.75) is 25.7 Å². The number of anilines is 1. The third-order valence-corrected chi connectivity index (χ3v) is 5.32. The highest BCUT2D eigenvalue weighted by Crippen LogP contribution is 2.28. The van der Waals surface area contributed by atoms with Crippen molar-refractivity contribution in [1.82, 2.24) is 14.6 Å². The van der Waals surface area contributed by atoms with E-state index in [2.05, 4.69) is 16.4 Å². The lowest BCUT2D eigenvalue weighted by Crippen LogP contribution is -2.21. The standard InChI is InChI=1S/C20H20ClN5/c21-17-3-1-2-16(10-17)18-13-24-20-9-8-19(25-26(18)20)23-12-15-6-4-14(11-22)5-7-15/h1-3,8-10,13-15H,4-7,12H2,(H,23,25)/t14-,15-. The first kappa shape index (κ1) is 16.9. The summed E-state index contributed by atoms with van der Waals surface area (Å²) >= 11 is 6.12. The van der Waals surface area contributed by atoms with Crippen molar-refractivity contribution in [3.8, 4) is 17.3 Å². The summed E-state index contributed by atoms with van der Waals surface area (Å²) in [6.45, 7) is 0.887. The average Bonchev–Trinajstić information content (AvgIpc) is 3.10. The highest BCUT2D eigenvalue weighted by molar-refractivity contribution is 6.30. The molecular weight excluding hydrogens is 346 g/mol. The molecule has 1 N–H and O–H groups in total. The van der Waals surface area contributed by atoms with Gasteiger partial charge >= 0.3 is 0 Å². The maximum atomic E-state index is 9.01. The maximum absolute atomic E-state index is 9.01. The van der Waals surface area contributed by atoms with Crippen LogP contribution in [-0.2, 0) is 0 Å². The second kappa shape index (κ2) is 7.35. The van der Waals surface area contributed by atoms with Gasteiger partial charge in [-0.05, 0) is 55.9 Å². The van der Waals surface area contributed by atoms with Crippen LogP contribution in [0.5, 0.6) is 0 Å². The number of aromatic nitrogens is 3. The van der Waals surface area contributed by atoms with Gasteiger partial charge in [0.05, 0.1) is 18.0 Å². The van der Waals surface area contributed by atoms with Crippen molar-refractivity contribution in [3.05, 3.63) is 47.6 Å². The van der Waals surface area contributed by atoms with Crippen LogP contribution in [0.25, 0.3) is 16.9 Å². The zero-order valence-electron chi connectivity index (χ0n) is 14.4. The van der Waals surface area contributed by atoms with Gasteiger partial charge in [0.2, 0.25) is 0 Å². The quantitative estimate of drug-likeness (QED) is 0.721. The van der Waals surface area contributed by atoms with E-state index in [0.717, 1.165) is 55.0 Å². The Morgan fingerprint density at radius 2 is 2.04 bits per heavy atom. The van der Waals surface area contributed by atoms with E-state index in [9.17, 15) is 0 Å². The largest absolute Gasteiger partial charge is 0.368 e. The Morgan fingerprint density at radius 3 is 2.81 bits per heavy atom. The average molecular weight is 366 g/mol. The van der Waals surface area contributed by atoms with Crippen molar-refractivity contribution >= 4 is 23.1 Å². The van der Waals surface area contributed by atoms with Crippen molar-refractivity contribution in [1.29, 1.82) is 5.26 Å². The Hall–Kier alpha value is -2.58. The van der Waals surface area contributed by atoms with E-state index in [0.29, 0.717) is 10.9 Å². The number of halogens is 1. The Balaban J connectivity index is 1.51. The first-order valence-corrected chi connectivity index (χ1v) is 9.35. The first-order valence-electron chi connectivity index (χ1n) is 8.97. The second-order valence-corrected chi connectivity index (χ2v) is 7.31. The van der Waals surface area contributed by atoms with Gasteiger partial charge in [-0.2, -0.15) is 5.26 Å². The van der Waals surface area contributed by atoms with Crippen LogP contribution in [0.3, 0.4) is 0 Å². The van der Waals surface area contributed by atoms with Crippen LogP contribution in [0.2, 0.25) is 5.02 Å². The molecule has 0 bridgehead atoms. The maximum Gasteiger partial charge on any atom is 0.154 e. The molecule has 0 atom stereocenters. The van der Waals surface area contributed by atoms with Crippen molar-refractivity contribution in [2.24, 2.45) is 11.8 Å². The number of nitrogens with zero attached hydrogens (tertiary/aromatic N) is 4. The van der Waals surface area contributed by atoms with Gasteiger partial charge in [-0.15, -0.1) is 5.10 Å². The molecule has 2 aromatic heterocycles. The number of hydrogen-bond donors (Lipinski definition) is 1. The summed E-state index contributed by atoms with van der Waals surface area (Å²) in [5.41, 5.74) is 2.71. The van der Waals surface area contributed by atoms with Gasteiger partial charge in [0.25, 0.3) is 0 Å². The molecule has 0 radical (unpaired) electrons. The lowest BCUT2D eigenvalue weighted by molar-refractivity contribution is 0.327. The van der Waals surface area contributed by atoms with E-state index in [-0.39, 0.29) is 5.92 Å². The Kier molecular flexibility index (Phi) is 4.77. The van der Waals surface area contributed by atoms with Crippen LogP contribution < -0.4 is 5.32 Å². The molecule has 1 aliphatic rings. The van der Waals surface area contributed by atoms with Gasteiger partial charge in [0.15, 0.2) is 5.65 Å². The fourth-order valence-corrected chi connectivity index (χ4v) is 3.75. The monoisotopic (exact) mass is 365 g/mol. The summed E-state index contributed by atoms with van der Waals surface area (Å²) in [7, 11) is 0. The van der Waals surface area contributed by atoms with Gasteiger partial charge in [-0.25, -0.2) is 9.50 Å². The van der Waals surface area contributed by atoms with E-state index < -0.39 is 0 Å². The van der Waals surface area contributed by atoms with Crippen LogP contribution in [0.1, 0.15) is 25.7 Å². The molecule has 0 aliphatic heterocycles. The predicted octanol–water partition coefficient (Wildman–Crippen LogP) is 4.79. The van der Waals surface area contributed by atoms with Gasteiger partial charge in [-0.3, -0.25) is 0 Å². The van der Waals surface area contributed by atoms with E-state index in [1.807, 2.05) is 47.1 Å². The molecule has 0 unspecified atom stereocenters. The molecule has 1 saturated carbocycles. The first-order chi connectivity index (χ1) is 12.7. The van der Waals surface area contributed by atoms with Crippen LogP contribution in [0.15, 0.2) is 42.6 Å². The van der Waals surface area contributed by atoms with E-state index in [1.165, 1.54) is 0 Å². The number of nitriles is 1. The van der Waals surface area contributed by atoms with Crippen LogP contribution >= 0.6 is 11.6 Å². The Labute approximate surface area is 157 Å². The number of hydrogen-bond acceptors (Lipinski definition) is 4. The Morgan fingerprint density at radius 1 is 1.19 bits per heavy atom. The molecule has 0 saturated heterocycles. The SMILES string of the molecule is N#C[C@H]1CC[C@H](CNc2ccc3ncc(-c4cccc(Cl)c4)n3n2)CC1. The summed E-state index contributed by atoms with van der Waals surface area (Å²) in [6, 6.07) is 14.0. The fourth-order valence-electron chi connectivity index (χ4n) is 3.56. The van der Waals surface area contributed by atoms with E-state index in [4.69, 9.17) is 22.0 Å². The van der Waals surface area contributed by atoms with Crippen molar-refractivity contribution < 1.29 is 0 Å². The molecule has 26 heavy (non-hydrogen) atoms. The summed E-state index contributed by atoms with van der Waals surface area (Å²) in [4.78, 5) is 4.43. The van der Waals surface area contributed by atoms with E-state index in [1.54, 1.807) is 0 Å². The number of benzene rings is 1. The van der Waals surface area contributed by atoms with Gasteiger partial charge in [0.1, 0.15) is 5.82 Å². The number of rotatable bonds is 4. The topological polar surface area (TPSA) is 66.0 Å². The predicted molar refractivity (Wildman–Crippen MR) is 103 cm³/mol. The van der Waals surface area contributed by atoms with Crippen molar-refractivity contribution in [2.75, 3.05) is 11.9 Å². The third-order valence-electron chi connectivity index (χ3n) is 5.08. The molecule has 4 rings (SSSR count). The van der Waals surface area contributed by atoms with Gasteiger partial charge in [0, 0.05) is 23.0 Å². The van der Waals surface area contributed by atoms with Gasteiger partial charge < -0.3 is 5.32 Å². The van der Waals surface area contributed by atoms with E-state index >= 15 is 0 Å². The second-order valence-electron chi connectivity index (χ2n) is 6.87. The van der Waals surface area contributed by atoms with Gasteiger partial charge in [-0.1, -0.05) is 23.7 Å². The summed E-state index contributed by atoms with van der Waals surface area (Å²) in [6.07, 6.45) is 6.05. The zero-order chi connectivity index (χ0) is 17.9. The lowest BCUT2D eigenvalue weighted by Gasteiger charge is -2.25. The molecule has 5 nitrogen and oxygen atoms in total. The normalized spacial score (nSPS) is 20.0. The minimum Gasteiger partial charge on any atom is -0.368 e. The molecule has 0 amide bonds. The Bertz CT molecular complexity index is 950. The molecule has 6 heteroatoms. The highest BCUT2D eigenvalue weighted by Gasteiger charge is 2.20. The fraction of sp³-hybridized carbons (Fsp3) is 0.350. The number of imidazole rings is 1. The summed E-state index contributed by atoms with van der Waals surface area (Å²) in [5.74, 6) is 1.68. The number of nitrogens with one attached hydrogen (secondary N) is 1. The zero-order valence-corrected chi connectivity index (χ0v) is 15.2. The molecule has 0 spiro atoms. The summed E-state index contributed by atoms with van der Waals surface area (Å²) < 4.78 is 1.85. The minimum atomic E-state index is 0.243. The molecule has 1 aliphatic carbocycles. The van der Waals surface area contributed by atoms with Crippen LogP contribution in [0.4, 0.5) is 5.82 Å². The lowest BCUT2D eigenvalue weighted by atomic mass is 9.83. The smallest absolute Gasteiger partial charge is 0.154 e. The molecule has 1 aromatic carbocycles. The molecule has 132 valence electrons. The molecular formula is C20H20ClN5. The molecule has 2 heterocycles. The molecule has 1 fully saturated rings. The highest BCUT2D eigenvalue weighted by atomic mass is 35.5. The minimum absolute atomic E-state index is 0.243. The van der Waals surface area contributed by atoms with Crippen LogP contribution in [0, 0.1) is 23.2 Å². The number of fused-ring (bicyclic) bond motifs is 1. The van der Waals surface area contributed by atoms with Crippen LogP contribution in [-0.4, -0.2) is 21.1 Å². The third kappa shape index (κ3) is 3.51. The van der Waals surface area contributed by atoms with Crippen molar-refractivity contribution in [3.63, 3.8) is 0 Å². The summed E-state index contributed by atoms with van der Waals surface area (Å²) in [5, 5.41) is 17.9. The molecule has 3 aromatic rings.